The molecule has 4 rings (SSSR count). The molecule has 9 heteroatoms. The molecule has 1 unspecified atom stereocenters. The lowest BCUT2D eigenvalue weighted by molar-refractivity contribution is -0.135. The van der Waals surface area contributed by atoms with Gasteiger partial charge >= 0.3 is 0 Å². The minimum atomic E-state index is -1.52. The summed E-state index contributed by atoms with van der Waals surface area (Å²) in [7, 11) is 0. The second-order valence-corrected chi connectivity index (χ2v) is 6.65. The molecular weight excluding hydrogens is 365 g/mol. The van der Waals surface area contributed by atoms with Crippen molar-refractivity contribution in [2.24, 2.45) is 0 Å². The van der Waals surface area contributed by atoms with Crippen molar-refractivity contribution in [3.8, 4) is 0 Å². The number of carbonyl (C=O) groups is 1. The Bertz CT molecular complexity index is 980. The molecule has 146 valence electrons. The normalized spacial score (nSPS) is 25.0. The van der Waals surface area contributed by atoms with Gasteiger partial charge in [-0.3, -0.25) is 4.79 Å². The maximum Gasteiger partial charge on any atom is 0.256 e. The fourth-order valence-corrected chi connectivity index (χ4v) is 3.39. The van der Waals surface area contributed by atoms with Crippen molar-refractivity contribution in [2.75, 3.05) is 11.9 Å². The Kier molecular flexibility index (Phi) is 5.01. The van der Waals surface area contributed by atoms with Gasteiger partial charge in [0.1, 0.15) is 12.4 Å². The van der Waals surface area contributed by atoms with Gasteiger partial charge in [0, 0.05) is 5.56 Å². The summed E-state index contributed by atoms with van der Waals surface area (Å²) in [5.41, 5.74) is 1.18. The van der Waals surface area contributed by atoms with Gasteiger partial charge in [-0.05, 0) is 18.6 Å². The lowest BCUT2D eigenvalue weighted by Gasteiger charge is -2.36. The van der Waals surface area contributed by atoms with Crippen LogP contribution in [0.3, 0.4) is 0 Å². The lowest BCUT2D eigenvalue weighted by Crippen LogP contribution is -2.48. The molecule has 28 heavy (non-hydrogen) atoms. The second-order valence-electron chi connectivity index (χ2n) is 6.65. The van der Waals surface area contributed by atoms with E-state index in [4.69, 9.17) is 4.74 Å². The molecule has 1 aliphatic rings. The molecule has 1 aromatic carbocycles. The number of imidazole rings is 1. The first-order valence-corrected chi connectivity index (χ1v) is 9.07. The van der Waals surface area contributed by atoms with E-state index in [-0.39, 0.29) is 18.3 Å². The number of aromatic nitrogens is 4. The highest BCUT2D eigenvalue weighted by Crippen LogP contribution is 2.31. The smallest absolute Gasteiger partial charge is 0.256 e. The zero-order valence-corrected chi connectivity index (χ0v) is 15.2. The molecule has 1 amide bonds. The number of anilines is 1. The van der Waals surface area contributed by atoms with Crippen LogP contribution in [0, 0.1) is 0 Å². The molecule has 0 radical (unpaired) electrons. The zero-order valence-electron chi connectivity index (χ0n) is 15.2. The molecule has 0 saturated carbocycles. The number of aliphatic hydroxyl groups is 1. The number of carbonyl (C=O) groups excluding carboxylic acids is 1. The van der Waals surface area contributed by atoms with E-state index in [1.165, 1.54) is 17.2 Å². The summed E-state index contributed by atoms with van der Waals surface area (Å²) >= 11 is 0. The van der Waals surface area contributed by atoms with Gasteiger partial charge in [0.05, 0.1) is 25.1 Å². The zero-order chi connectivity index (χ0) is 19.7. The molecular formula is C19H20FN5O3. The third-order valence-electron chi connectivity index (χ3n) is 4.94. The van der Waals surface area contributed by atoms with Crippen LogP contribution in [0.15, 0.2) is 43.0 Å². The van der Waals surface area contributed by atoms with Gasteiger partial charge in [-0.1, -0.05) is 25.1 Å². The number of hydrogen-bond donors (Lipinski definition) is 2. The highest BCUT2D eigenvalue weighted by atomic mass is 19.1. The maximum atomic E-state index is 14.8. The van der Waals surface area contributed by atoms with Crippen LogP contribution in [-0.2, 0) is 4.74 Å². The molecule has 2 aromatic heterocycles. The minimum absolute atomic E-state index is 0.0951. The summed E-state index contributed by atoms with van der Waals surface area (Å²) in [6, 6.07) is 7.95. The molecule has 1 saturated heterocycles. The fourth-order valence-electron chi connectivity index (χ4n) is 3.39. The largest absolute Gasteiger partial charge is 0.387 e. The van der Waals surface area contributed by atoms with E-state index >= 15 is 0 Å². The summed E-state index contributed by atoms with van der Waals surface area (Å²) < 4.78 is 21.9. The first-order valence-electron chi connectivity index (χ1n) is 9.07. The number of rotatable bonds is 4. The van der Waals surface area contributed by atoms with Crippen LogP contribution < -0.4 is 5.32 Å². The van der Waals surface area contributed by atoms with Gasteiger partial charge in [0.2, 0.25) is 0 Å². The molecule has 3 aromatic rings. The first kappa shape index (κ1) is 18.5. The van der Waals surface area contributed by atoms with Gasteiger partial charge in [-0.2, -0.15) is 0 Å². The number of benzene rings is 1. The highest BCUT2D eigenvalue weighted by Gasteiger charge is 2.40. The van der Waals surface area contributed by atoms with Gasteiger partial charge < -0.3 is 19.7 Å². The summed E-state index contributed by atoms with van der Waals surface area (Å²) in [6.45, 7) is 1.93. The van der Waals surface area contributed by atoms with E-state index in [2.05, 4.69) is 20.3 Å². The van der Waals surface area contributed by atoms with Gasteiger partial charge in [0.25, 0.3) is 5.91 Å². The number of amides is 1. The predicted molar refractivity (Wildman–Crippen MR) is 99.7 cm³/mol. The number of nitrogens with one attached hydrogen (secondary N) is 1. The second kappa shape index (κ2) is 7.61. The summed E-state index contributed by atoms with van der Waals surface area (Å²) in [4.78, 5) is 25.0. The Morgan fingerprint density at radius 3 is 2.86 bits per heavy atom. The van der Waals surface area contributed by atoms with Crippen LogP contribution in [0.2, 0.25) is 0 Å². The molecule has 0 bridgehead atoms. The summed E-state index contributed by atoms with van der Waals surface area (Å²) in [6.07, 6.45) is -0.0397. The number of ether oxygens (including phenoxy) is 1. The van der Waals surface area contributed by atoms with Crippen LogP contribution in [0.1, 0.15) is 29.7 Å². The number of fused-ring (bicyclic) bond motifs is 1. The van der Waals surface area contributed by atoms with E-state index in [1.54, 1.807) is 24.3 Å². The van der Waals surface area contributed by atoms with Crippen LogP contribution >= 0.6 is 0 Å². The number of alkyl halides is 1. The molecule has 2 N–H and O–H groups in total. The van der Waals surface area contributed by atoms with Gasteiger partial charge in [0.15, 0.2) is 23.2 Å². The Balaban J connectivity index is 1.63. The number of nitrogens with zero attached hydrogens (tertiary/aromatic N) is 4. The summed E-state index contributed by atoms with van der Waals surface area (Å²) in [5, 5.41) is 12.9. The monoisotopic (exact) mass is 385 g/mol. The van der Waals surface area contributed by atoms with Crippen LogP contribution in [-0.4, -0.2) is 55.5 Å². The number of aliphatic hydroxyl groups excluding tert-OH is 1. The fraction of sp³-hybridized carbons (Fsp3) is 0.368. The van der Waals surface area contributed by atoms with Crippen LogP contribution in [0.4, 0.5) is 10.2 Å². The van der Waals surface area contributed by atoms with Crippen molar-refractivity contribution in [3.63, 3.8) is 0 Å². The highest BCUT2D eigenvalue weighted by molar-refractivity contribution is 6.06. The van der Waals surface area contributed by atoms with Crippen molar-refractivity contribution in [3.05, 3.63) is 48.5 Å². The standard InChI is InChI=1S/C19H20FN5O3/c1-2-13-16(26)14(20)12(8-28-13)25-10-23-15-17(21-9-22-18(15)25)24-19(27)11-6-4-3-5-7-11/h3-7,9-10,12-14,16,26H,2,8H2,1H3,(H,21,22,24,27)/t12-,13-,14+,16?/m1/s1. The average Bonchev–Trinajstić information content (AvgIpc) is 3.15. The summed E-state index contributed by atoms with van der Waals surface area (Å²) in [5.74, 6) is -0.0996. The van der Waals surface area contributed by atoms with Gasteiger partial charge in [-0.15, -0.1) is 0 Å². The first-order chi connectivity index (χ1) is 13.6. The Morgan fingerprint density at radius 2 is 2.11 bits per heavy atom. The predicted octanol–water partition coefficient (Wildman–Crippen LogP) is 2.13. The topological polar surface area (TPSA) is 102 Å². The minimum Gasteiger partial charge on any atom is -0.387 e. The van der Waals surface area contributed by atoms with Crippen molar-refractivity contribution >= 4 is 22.9 Å². The van der Waals surface area contributed by atoms with Crippen molar-refractivity contribution in [2.45, 2.75) is 37.8 Å². The number of halogens is 1. The van der Waals surface area contributed by atoms with Crippen molar-refractivity contribution in [1.29, 1.82) is 0 Å². The Morgan fingerprint density at radius 1 is 1.32 bits per heavy atom. The molecule has 3 heterocycles. The van der Waals surface area contributed by atoms with Crippen molar-refractivity contribution in [1.82, 2.24) is 19.5 Å². The Labute approximate surface area is 160 Å². The average molecular weight is 385 g/mol. The molecule has 8 nitrogen and oxygen atoms in total. The van der Waals surface area contributed by atoms with Crippen molar-refractivity contribution < 1.29 is 19.0 Å². The van der Waals surface area contributed by atoms with E-state index < -0.39 is 24.4 Å². The third kappa shape index (κ3) is 3.23. The quantitative estimate of drug-likeness (QED) is 0.713. The van der Waals surface area contributed by atoms with E-state index in [0.717, 1.165) is 0 Å². The lowest BCUT2D eigenvalue weighted by atomic mass is 9.98. The molecule has 4 atom stereocenters. The molecule has 0 aliphatic carbocycles. The van der Waals surface area contributed by atoms with Crippen LogP contribution in [0.25, 0.3) is 11.2 Å². The molecule has 0 spiro atoms. The maximum absolute atomic E-state index is 14.8. The van der Waals surface area contributed by atoms with E-state index in [1.807, 2.05) is 13.0 Å². The molecule has 1 fully saturated rings. The third-order valence-corrected chi connectivity index (χ3v) is 4.94. The Hall–Kier alpha value is -2.91. The molecule has 1 aliphatic heterocycles. The number of hydrogen-bond acceptors (Lipinski definition) is 6. The SMILES string of the molecule is CC[C@H]1OC[C@@H](n2cnc3c(NC(=O)c4ccccc4)ncnc32)[C@H](F)C1O. The van der Waals surface area contributed by atoms with Gasteiger partial charge in [-0.25, -0.2) is 19.3 Å². The van der Waals surface area contributed by atoms with E-state index in [0.29, 0.717) is 23.1 Å². The van der Waals surface area contributed by atoms with E-state index in [9.17, 15) is 14.3 Å². The van der Waals surface area contributed by atoms with Crippen LogP contribution in [0.5, 0.6) is 0 Å².